The summed E-state index contributed by atoms with van der Waals surface area (Å²) in [7, 11) is 0. The molecule has 2 aromatic heterocycles. The van der Waals surface area contributed by atoms with Gasteiger partial charge < -0.3 is 0 Å². The van der Waals surface area contributed by atoms with Gasteiger partial charge in [0, 0.05) is 11.6 Å². The van der Waals surface area contributed by atoms with Crippen molar-refractivity contribution in [3.63, 3.8) is 0 Å². The van der Waals surface area contributed by atoms with Crippen molar-refractivity contribution >= 4 is 44.8 Å². The molecule has 2 heterocycles. The van der Waals surface area contributed by atoms with E-state index in [1.54, 1.807) is 22.7 Å². The average Bonchev–Trinajstić information content (AvgIpc) is 3.17. The Kier molecular flexibility index (Phi) is 6.02. The number of nitrogens with zero attached hydrogens (tertiary/aromatic N) is 3. The summed E-state index contributed by atoms with van der Waals surface area (Å²) < 4.78 is 3.12. The van der Waals surface area contributed by atoms with E-state index in [2.05, 4.69) is 51.2 Å². The summed E-state index contributed by atoms with van der Waals surface area (Å²) in [4.78, 5) is 6.71. The molecule has 0 atom stereocenters. The van der Waals surface area contributed by atoms with Gasteiger partial charge in [0.25, 0.3) is 0 Å². The van der Waals surface area contributed by atoms with Crippen molar-refractivity contribution in [3.05, 3.63) is 38.8 Å². The third-order valence-corrected chi connectivity index (χ3v) is 6.41. The van der Waals surface area contributed by atoms with Gasteiger partial charge in [-0.05, 0) is 46.8 Å². The lowest BCUT2D eigenvalue weighted by Crippen LogP contribution is -2.14. The third kappa shape index (κ3) is 4.31. The SMILES string of the molecule is C=CCN=c1scc(-c2ccc(Br)s2)n1N=CC1CCCCC1. The van der Waals surface area contributed by atoms with Crippen molar-refractivity contribution in [2.24, 2.45) is 16.0 Å². The van der Waals surface area contributed by atoms with Gasteiger partial charge in [-0.2, -0.15) is 5.10 Å². The highest BCUT2D eigenvalue weighted by Gasteiger charge is 2.13. The Labute approximate surface area is 153 Å². The average molecular weight is 410 g/mol. The first-order chi connectivity index (χ1) is 11.3. The van der Waals surface area contributed by atoms with Gasteiger partial charge in [-0.3, -0.25) is 4.99 Å². The third-order valence-electron chi connectivity index (χ3n) is 3.91. The molecule has 122 valence electrons. The number of thiophene rings is 1. The minimum absolute atomic E-state index is 0.603. The van der Waals surface area contributed by atoms with Crippen LogP contribution in [0.15, 0.2) is 44.0 Å². The highest BCUT2D eigenvalue weighted by atomic mass is 79.9. The van der Waals surface area contributed by atoms with E-state index >= 15 is 0 Å². The zero-order chi connectivity index (χ0) is 16.1. The molecule has 23 heavy (non-hydrogen) atoms. The Hall–Kier alpha value is -0.980. The van der Waals surface area contributed by atoms with E-state index in [0.717, 1.165) is 14.3 Å². The van der Waals surface area contributed by atoms with E-state index < -0.39 is 0 Å². The van der Waals surface area contributed by atoms with Crippen LogP contribution in [0.4, 0.5) is 0 Å². The predicted molar refractivity (Wildman–Crippen MR) is 104 cm³/mol. The van der Waals surface area contributed by atoms with E-state index in [1.807, 2.05) is 10.8 Å². The summed E-state index contributed by atoms with van der Waals surface area (Å²) in [5.41, 5.74) is 1.11. The van der Waals surface area contributed by atoms with Gasteiger partial charge in [-0.1, -0.05) is 25.3 Å². The molecule has 2 aromatic rings. The summed E-state index contributed by atoms with van der Waals surface area (Å²) in [5.74, 6) is 0.603. The van der Waals surface area contributed by atoms with Gasteiger partial charge in [0.15, 0.2) is 0 Å². The molecule has 0 spiro atoms. The van der Waals surface area contributed by atoms with E-state index in [4.69, 9.17) is 5.10 Å². The highest BCUT2D eigenvalue weighted by molar-refractivity contribution is 9.11. The lowest BCUT2D eigenvalue weighted by atomic mass is 9.90. The van der Waals surface area contributed by atoms with Crippen molar-refractivity contribution in [3.8, 4) is 10.6 Å². The summed E-state index contributed by atoms with van der Waals surface area (Å²) in [5, 5.41) is 6.93. The molecule has 0 radical (unpaired) electrons. The quantitative estimate of drug-likeness (QED) is 0.458. The lowest BCUT2D eigenvalue weighted by Gasteiger charge is -2.16. The number of thiazole rings is 1. The monoisotopic (exact) mass is 409 g/mol. The van der Waals surface area contributed by atoms with Crippen molar-refractivity contribution in [1.29, 1.82) is 0 Å². The van der Waals surface area contributed by atoms with E-state index in [0.29, 0.717) is 12.5 Å². The van der Waals surface area contributed by atoms with Crippen LogP contribution in [0.5, 0.6) is 0 Å². The molecule has 0 amide bonds. The summed E-state index contributed by atoms with van der Waals surface area (Å²) >= 11 is 6.90. The van der Waals surface area contributed by atoms with Gasteiger partial charge in [0.05, 0.1) is 20.9 Å². The molecule has 1 saturated carbocycles. The number of hydrogen-bond acceptors (Lipinski definition) is 4. The lowest BCUT2D eigenvalue weighted by molar-refractivity contribution is 0.443. The van der Waals surface area contributed by atoms with Crippen molar-refractivity contribution in [2.45, 2.75) is 32.1 Å². The van der Waals surface area contributed by atoms with Gasteiger partial charge >= 0.3 is 0 Å². The van der Waals surface area contributed by atoms with Crippen LogP contribution in [0, 0.1) is 5.92 Å². The van der Waals surface area contributed by atoms with Crippen LogP contribution >= 0.6 is 38.6 Å². The topological polar surface area (TPSA) is 29.6 Å². The predicted octanol–water partition coefficient (Wildman–Crippen LogP) is 5.54. The Bertz CT molecular complexity index is 748. The first-order valence-corrected chi connectivity index (χ1v) is 10.4. The normalized spacial score (nSPS) is 17.2. The molecule has 3 rings (SSSR count). The first-order valence-electron chi connectivity index (χ1n) is 7.90. The van der Waals surface area contributed by atoms with Crippen LogP contribution < -0.4 is 4.80 Å². The molecule has 6 heteroatoms. The van der Waals surface area contributed by atoms with Crippen LogP contribution in [-0.4, -0.2) is 17.4 Å². The van der Waals surface area contributed by atoms with Gasteiger partial charge in [0.1, 0.15) is 0 Å². The maximum absolute atomic E-state index is 4.79. The highest BCUT2D eigenvalue weighted by Crippen LogP contribution is 2.31. The largest absolute Gasteiger partial charge is 0.253 e. The molecule has 0 bridgehead atoms. The number of halogens is 1. The molecule has 0 saturated heterocycles. The smallest absolute Gasteiger partial charge is 0.206 e. The van der Waals surface area contributed by atoms with Crippen LogP contribution in [-0.2, 0) is 0 Å². The zero-order valence-corrected chi connectivity index (χ0v) is 16.2. The number of rotatable bonds is 5. The van der Waals surface area contributed by atoms with E-state index in [9.17, 15) is 0 Å². The van der Waals surface area contributed by atoms with Gasteiger partial charge in [0.2, 0.25) is 4.80 Å². The summed E-state index contributed by atoms with van der Waals surface area (Å²) in [6.07, 6.45) is 10.5. The number of hydrogen-bond donors (Lipinski definition) is 0. The van der Waals surface area contributed by atoms with Crippen molar-refractivity contribution in [1.82, 2.24) is 4.68 Å². The number of aromatic nitrogens is 1. The van der Waals surface area contributed by atoms with Gasteiger partial charge in [-0.25, -0.2) is 4.68 Å². The summed E-state index contributed by atoms with van der Waals surface area (Å²) in [6, 6.07) is 4.20. The Morgan fingerprint density at radius 3 is 2.83 bits per heavy atom. The molecule has 1 aliphatic carbocycles. The molecule has 1 fully saturated rings. The molecule has 1 aliphatic rings. The molecule has 0 aromatic carbocycles. The van der Waals surface area contributed by atoms with Crippen molar-refractivity contribution in [2.75, 3.05) is 6.54 Å². The zero-order valence-electron chi connectivity index (χ0n) is 12.9. The standard InChI is InChI=1S/C17H20BrN3S2/c1-2-10-19-17-21(20-11-13-6-4-3-5-7-13)14(12-22-17)15-8-9-16(18)23-15/h2,8-9,11-13H,1,3-7,10H2. The van der Waals surface area contributed by atoms with Crippen LogP contribution in [0.25, 0.3) is 10.6 Å². The Morgan fingerprint density at radius 2 is 2.13 bits per heavy atom. The van der Waals surface area contributed by atoms with E-state index in [-0.39, 0.29) is 0 Å². The fourth-order valence-electron chi connectivity index (χ4n) is 2.73. The maximum atomic E-state index is 4.79. The second kappa shape index (κ2) is 8.22. The van der Waals surface area contributed by atoms with Crippen LogP contribution in [0.3, 0.4) is 0 Å². The second-order valence-electron chi connectivity index (χ2n) is 5.61. The fourth-order valence-corrected chi connectivity index (χ4v) is 5.03. The molecule has 3 nitrogen and oxygen atoms in total. The Morgan fingerprint density at radius 1 is 1.30 bits per heavy atom. The first kappa shape index (κ1) is 16.9. The minimum Gasteiger partial charge on any atom is -0.253 e. The Balaban J connectivity index is 1.95. The van der Waals surface area contributed by atoms with Crippen molar-refractivity contribution < 1.29 is 0 Å². The maximum Gasteiger partial charge on any atom is 0.206 e. The minimum atomic E-state index is 0.603. The fraction of sp³-hybridized carbons (Fsp3) is 0.412. The van der Waals surface area contributed by atoms with Crippen LogP contribution in [0.1, 0.15) is 32.1 Å². The molecule has 0 aliphatic heterocycles. The van der Waals surface area contributed by atoms with E-state index in [1.165, 1.54) is 37.0 Å². The molecular weight excluding hydrogens is 390 g/mol. The van der Waals surface area contributed by atoms with Gasteiger partial charge in [-0.15, -0.1) is 29.3 Å². The van der Waals surface area contributed by atoms with Crippen LogP contribution in [0.2, 0.25) is 0 Å². The summed E-state index contributed by atoms with van der Waals surface area (Å²) in [6.45, 7) is 4.37. The molecular formula is C17H20BrN3S2. The second-order valence-corrected chi connectivity index (χ2v) is 8.91. The molecule has 0 unspecified atom stereocenters. The molecule has 0 N–H and O–H groups in total.